The third-order valence-corrected chi connectivity index (χ3v) is 4.26. The van der Waals surface area contributed by atoms with E-state index in [1.807, 2.05) is 0 Å². The van der Waals surface area contributed by atoms with Gasteiger partial charge in [-0.05, 0) is 35.7 Å². The van der Waals surface area contributed by atoms with Crippen molar-refractivity contribution < 1.29 is 14.1 Å². The van der Waals surface area contributed by atoms with E-state index in [0.29, 0.717) is 22.0 Å². The van der Waals surface area contributed by atoms with Gasteiger partial charge in [0.15, 0.2) is 0 Å². The predicted octanol–water partition coefficient (Wildman–Crippen LogP) is 4.33. The van der Waals surface area contributed by atoms with Gasteiger partial charge in [-0.3, -0.25) is 14.9 Å². The number of nitro groups is 1. The highest BCUT2D eigenvalue weighted by Gasteiger charge is 2.18. The largest absolute Gasteiger partial charge is 0.455 e. The summed E-state index contributed by atoms with van der Waals surface area (Å²) in [5.41, 5.74) is 2.52. The Balaban J connectivity index is 1.76. The standard InChI is InChI=1S/C16H10ClN3O4S/c17-10-3-5-12(13(8-10)20(22)23)14-6-4-11(24-14)9-18-19-16(21)15-2-1-7-25-15/h1-9H,(H,19,21)/b18-9+. The molecule has 2 heterocycles. The number of nitro benzene ring substituents is 1. The minimum absolute atomic E-state index is 0.156. The van der Waals surface area contributed by atoms with Gasteiger partial charge in [0.2, 0.25) is 0 Å². The third-order valence-electron chi connectivity index (χ3n) is 3.15. The number of amides is 1. The first-order valence-corrected chi connectivity index (χ1v) is 8.21. The summed E-state index contributed by atoms with van der Waals surface area (Å²) in [4.78, 5) is 22.9. The summed E-state index contributed by atoms with van der Waals surface area (Å²) in [6, 6.07) is 10.9. The molecule has 7 nitrogen and oxygen atoms in total. The van der Waals surface area contributed by atoms with Crippen LogP contribution in [0.15, 0.2) is 57.4 Å². The number of nitrogens with one attached hydrogen (secondary N) is 1. The van der Waals surface area contributed by atoms with E-state index in [0.717, 1.165) is 0 Å². The molecule has 2 aromatic heterocycles. The minimum atomic E-state index is -0.529. The number of carbonyl (C=O) groups is 1. The van der Waals surface area contributed by atoms with E-state index in [-0.39, 0.29) is 16.6 Å². The average Bonchev–Trinajstić information content (AvgIpc) is 3.26. The number of nitrogens with zero attached hydrogens (tertiary/aromatic N) is 2. The van der Waals surface area contributed by atoms with E-state index >= 15 is 0 Å². The lowest BCUT2D eigenvalue weighted by Crippen LogP contribution is -2.15. The molecule has 25 heavy (non-hydrogen) atoms. The summed E-state index contributed by atoms with van der Waals surface area (Å²) < 4.78 is 5.53. The van der Waals surface area contributed by atoms with Crippen LogP contribution < -0.4 is 5.43 Å². The second-order valence-electron chi connectivity index (χ2n) is 4.80. The molecule has 3 aromatic rings. The Kier molecular flexibility index (Phi) is 4.92. The van der Waals surface area contributed by atoms with Crippen LogP contribution >= 0.6 is 22.9 Å². The van der Waals surface area contributed by atoms with Gasteiger partial charge < -0.3 is 4.42 Å². The molecule has 126 valence electrons. The summed E-state index contributed by atoms with van der Waals surface area (Å²) in [7, 11) is 0. The van der Waals surface area contributed by atoms with Crippen LogP contribution in [-0.4, -0.2) is 17.0 Å². The molecular weight excluding hydrogens is 366 g/mol. The first kappa shape index (κ1) is 16.9. The zero-order valence-electron chi connectivity index (χ0n) is 12.5. The SMILES string of the molecule is O=C(N/N=C/c1ccc(-c2ccc(Cl)cc2[N+](=O)[O-])o1)c1cccs1. The van der Waals surface area contributed by atoms with Gasteiger partial charge in [-0.1, -0.05) is 17.7 Å². The Labute approximate surface area is 150 Å². The molecule has 0 aliphatic rings. The van der Waals surface area contributed by atoms with E-state index in [9.17, 15) is 14.9 Å². The highest BCUT2D eigenvalue weighted by molar-refractivity contribution is 7.12. The van der Waals surface area contributed by atoms with Gasteiger partial charge in [0, 0.05) is 11.1 Å². The minimum Gasteiger partial charge on any atom is -0.455 e. The van der Waals surface area contributed by atoms with Crippen molar-refractivity contribution in [1.82, 2.24) is 5.43 Å². The van der Waals surface area contributed by atoms with Crippen molar-refractivity contribution in [2.75, 3.05) is 0 Å². The van der Waals surface area contributed by atoms with Gasteiger partial charge in [0.05, 0.1) is 21.6 Å². The van der Waals surface area contributed by atoms with E-state index in [1.165, 1.54) is 29.7 Å². The van der Waals surface area contributed by atoms with Gasteiger partial charge in [0.25, 0.3) is 11.6 Å². The van der Waals surface area contributed by atoms with Crippen LogP contribution in [-0.2, 0) is 0 Å². The van der Waals surface area contributed by atoms with Gasteiger partial charge in [-0.15, -0.1) is 11.3 Å². The van der Waals surface area contributed by atoms with Gasteiger partial charge in [0.1, 0.15) is 11.5 Å². The van der Waals surface area contributed by atoms with E-state index in [1.54, 1.807) is 35.7 Å². The molecule has 0 saturated heterocycles. The topological polar surface area (TPSA) is 97.7 Å². The normalized spacial score (nSPS) is 10.9. The summed E-state index contributed by atoms with van der Waals surface area (Å²) in [6.45, 7) is 0. The number of furan rings is 1. The summed E-state index contributed by atoms with van der Waals surface area (Å²) in [6.07, 6.45) is 1.32. The van der Waals surface area contributed by atoms with Crippen molar-refractivity contribution in [3.8, 4) is 11.3 Å². The number of halogens is 1. The quantitative estimate of drug-likeness (QED) is 0.407. The fourth-order valence-electron chi connectivity index (χ4n) is 2.05. The van der Waals surface area contributed by atoms with Crippen molar-refractivity contribution in [1.29, 1.82) is 0 Å². The smallest absolute Gasteiger partial charge is 0.281 e. The van der Waals surface area contributed by atoms with Crippen molar-refractivity contribution in [2.24, 2.45) is 5.10 Å². The van der Waals surface area contributed by atoms with E-state index in [4.69, 9.17) is 16.0 Å². The van der Waals surface area contributed by atoms with Crippen molar-refractivity contribution in [3.63, 3.8) is 0 Å². The molecule has 0 aliphatic carbocycles. The van der Waals surface area contributed by atoms with Crippen molar-refractivity contribution in [3.05, 3.63) is 73.6 Å². The molecule has 0 fully saturated rings. The lowest BCUT2D eigenvalue weighted by Gasteiger charge is -2.00. The number of hydrazone groups is 1. The predicted molar refractivity (Wildman–Crippen MR) is 95.2 cm³/mol. The van der Waals surface area contributed by atoms with Crippen LogP contribution in [0.25, 0.3) is 11.3 Å². The lowest BCUT2D eigenvalue weighted by molar-refractivity contribution is -0.384. The van der Waals surface area contributed by atoms with Crippen LogP contribution in [0.2, 0.25) is 5.02 Å². The van der Waals surface area contributed by atoms with E-state index in [2.05, 4.69) is 10.5 Å². The fraction of sp³-hybridized carbons (Fsp3) is 0. The molecule has 3 rings (SSSR count). The highest BCUT2D eigenvalue weighted by Crippen LogP contribution is 2.33. The second kappa shape index (κ2) is 7.29. The van der Waals surface area contributed by atoms with Crippen LogP contribution in [0, 0.1) is 10.1 Å². The molecule has 1 aromatic carbocycles. The number of rotatable bonds is 5. The number of hydrogen-bond donors (Lipinski definition) is 1. The Bertz CT molecular complexity index is 950. The molecule has 0 saturated carbocycles. The molecule has 1 N–H and O–H groups in total. The zero-order valence-corrected chi connectivity index (χ0v) is 14.1. The van der Waals surface area contributed by atoms with Gasteiger partial charge >= 0.3 is 0 Å². The highest BCUT2D eigenvalue weighted by atomic mass is 35.5. The van der Waals surface area contributed by atoms with Crippen LogP contribution in [0.5, 0.6) is 0 Å². The van der Waals surface area contributed by atoms with Crippen LogP contribution in [0.3, 0.4) is 0 Å². The maximum Gasteiger partial charge on any atom is 0.281 e. The first-order valence-electron chi connectivity index (χ1n) is 6.95. The third kappa shape index (κ3) is 3.93. The molecule has 0 unspecified atom stereocenters. The first-order chi connectivity index (χ1) is 12.0. The number of benzene rings is 1. The maximum absolute atomic E-state index is 11.7. The molecule has 9 heteroatoms. The van der Waals surface area contributed by atoms with Crippen LogP contribution in [0.4, 0.5) is 5.69 Å². The second-order valence-corrected chi connectivity index (χ2v) is 6.18. The Morgan fingerprint density at radius 1 is 1.32 bits per heavy atom. The Morgan fingerprint density at radius 2 is 2.16 bits per heavy atom. The summed E-state index contributed by atoms with van der Waals surface area (Å²) >= 11 is 7.10. The zero-order chi connectivity index (χ0) is 17.8. The Hall–Kier alpha value is -2.97. The maximum atomic E-state index is 11.7. The Morgan fingerprint density at radius 3 is 2.88 bits per heavy atom. The van der Waals surface area contributed by atoms with E-state index < -0.39 is 4.92 Å². The van der Waals surface area contributed by atoms with Crippen molar-refractivity contribution >= 4 is 40.7 Å². The lowest BCUT2D eigenvalue weighted by atomic mass is 10.1. The summed E-state index contributed by atoms with van der Waals surface area (Å²) in [5.74, 6) is 0.312. The van der Waals surface area contributed by atoms with Crippen molar-refractivity contribution in [2.45, 2.75) is 0 Å². The average molecular weight is 376 g/mol. The molecule has 1 amide bonds. The molecule has 0 radical (unpaired) electrons. The molecule has 0 aliphatic heterocycles. The molecular formula is C16H10ClN3O4S. The number of hydrogen-bond acceptors (Lipinski definition) is 6. The number of thiophene rings is 1. The molecule has 0 bridgehead atoms. The monoisotopic (exact) mass is 375 g/mol. The molecule has 0 atom stereocenters. The van der Waals surface area contributed by atoms with Gasteiger partial charge in [-0.2, -0.15) is 5.10 Å². The summed E-state index contributed by atoms with van der Waals surface area (Å²) in [5, 5.41) is 17.0. The molecule has 0 spiro atoms. The van der Waals surface area contributed by atoms with Gasteiger partial charge in [-0.25, -0.2) is 5.43 Å². The number of carbonyl (C=O) groups excluding carboxylic acids is 1. The fourth-order valence-corrected chi connectivity index (χ4v) is 2.83. The van der Waals surface area contributed by atoms with Crippen LogP contribution in [0.1, 0.15) is 15.4 Å².